The highest BCUT2D eigenvalue weighted by molar-refractivity contribution is 8.22. The molecule has 0 unspecified atom stereocenters. The monoisotopic (exact) mass is 333 g/mol. The van der Waals surface area contributed by atoms with E-state index >= 15 is 0 Å². The van der Waals surface area contributed by atoms with Gasteiger partial charge in [0, 0.05) is 23.9 Å². The molecule has 0 spiro atoms. The fourth-order valence-corrected chi connectivity index (χ4v) is 3.98. The quantitative estimate of drug-likeness (QED) is 0.718. The van der Waals surface area contributed by atoms with E-state index in [0.29, 0.717) is 0 Å². The second-order valence-electron chi connectivity index (χ2n) is 5.09. The fraction of sp³-hybridized carbons (Fsp3) is 0.235. The second kappa shape index (κ2) is 6.82. The first-order valence-electron chi connectivity index (χ1n) is 6.96. The molecule has 0 aliphatic carbocycles. The van der Waals surface area contributed by atoms with Crippen LogP contribution in [0.4, 0.5) is 0 Å². The Labute approximate surface area is 140 Å². The van der Waals surface area contributed by atoms with Gasteiger partial charge in [0.25, 0.3) is 0 Å². The molecule has 2 aromatic rings. The highest BCUT2D eigenvalue weighted by Crippen LogP contribution is 2.26. The number of thioether (sulfide) groups is 1. The van der Waals surface area contributed by atoms with E-state index in [1.54, 1.807) is 11.8 Å². The summed E-state index contributed by atoms with van der Waals surface area (Å²) in [6.45, 7) is 1.93. The molecule has 0 aromatic heterocycles. The molecule has 0 fully saturated rings. The minimum atomic E-state index is 0.816. The van der Waals surface area contributed by atoms with Crippen molar-refractivity contribution in [3.05, 3.63) is 70.2 Å². The predicted octanol–water partition coefficient (Wildman–Crippen LogP) is 4.92. The van der Waals surface area contributed by atoms with Gasteiger partial charge in [-0.1, -0.05) is 78.0 Å². The Kier molecular flexibility index (Phi) is 4.84. The average Bonchev–Trinajstić information content (AvgIpc) is 2.53. The fourth-order valence-electron chi connectivity index (χ4n) is 2.50. The van der Waals surface area contributed by atoms with E-state index in [1.807, 2.05) is 18.2 Å². The van der Waals surface area contributed by atoms with Gasteiger partial charge in [0.1, 0.15) is 4.32 Å². The lowest BCUT2D eigenvalue weighted by atomic mass is 10.0. The van der Waals surface area contributed by atoms with Crippen LogP contribution in [0.1, 0.15) is 16.7 Å². The van der Waals surface area contributed by atoms with Gasteiger partial charge in [-0.05, 0) is 29.2 Å². The van der Waals surface area contributed by atoms with Crippen LogP contribution in [-0.2, 0) is 18.7 Å². The molecule has 3 rings (SSSR count). The zero-order valence-corrected chi connectivity index (χ0v) is 14.0. The summed E-state index contributed by atoms with van der Waals surface area (Å²) in [5, 5.41) is 0.816. The van der Waals surface area contributed by atoms with Crippen LogP contribution in [0.15, 0.2) is 48.5 Å². The van der Waals surface area contributed by atoms with Gasteiger partial charge in [-0.3, -0.25) is 0 Å². The van der Waals surface area contributed by atoms with E-state index in [1.165, 1.54) is 11.1 Å². The van der Waals surface area contributed by atoms with E-state index in [4.69, 9.17) is 23.8 Å². The smallest absolute Gasteiger partial charge is 0.137 e. The second-order valence-corrected chi connectivity index (χ2v) is 7.10. The number of nitrogens with zero attached hydrogens (tertiary/aromatic N) is 1. The SMILES string of the molecule is S=C(SCc1ccccc1Cl)N1CCc2ccccc2C1. The molecule has 4 heteroatoms. The normalized spacial score (nSPS) is 13.9. The lowest BCUT2D eigenvalue weighted by Crippen LogP contribution is -2.33. The summed E-state index contributed by atoms with van der Waals surface area (Å²) in [6.07, 6.45) is 1.07. The molecule has 0 atom stereocenters. The minimum Gasteiger partial charge on any atom is -0.353 e. The van der Waals surface area contributed by atoms with Gasteiger partial charge in [-0.2, -0.15) is 0 Å². The summed E-state index contributed by atoms with van der Waals surface area (Å²) in [4.78, 5) is 2.29. The van der Waals surface area contributed by atoms with Crippen LogP contribution in [0, 0.1) is 0 Å². The topological polar surface area (TPSA) is 3.24 Å². The maximum atomic E-state index is 6.19. The van der Waals surface area contributed by atoms with Crippen LogP contribution in [0.5, 0.6) is 0 Å². The summed E-state index contributed by atoms with van der Waals surface area (Å²) in [6, 6.07) is 16.6. The van der Waals surface area contributed by atoms with Crippen molar-refractivity contribution in [2.24, 2.45) is 0 Å². The standard InChI is InChI=1S/C17H16ClNS2/c18-16-8-4-3-7-15(16)12-21-17(20)19-10-9-13-5-1-2-6-14(13)11-19/h1-8H,9-12H2. The van der Waals surface area contributed by atoms with Crippen molar-refractivity contribution in [1.82, 2.24) is 4.90 Å². The lowest BCUT2D eigenvalue weighted by molar-refractivity contribution is 0.407. The lowest BCUT2D eigenvalue weighted by Gasteiger charge is -2.30. The Bertz CT molecular complexity index is 657. The molecular formula is C17H16ClNS2. The first-order valence-corrected chi connectivity index (χ1v) is 8.73. The summed E-state index contributed by atoms with van der Waals surface area (Å²) in [7, 11) is 0. The molecule has 1 aliphatic rings. The summed E-state index contributed by atoms with van der Waals surface area (Å²) >= 11 is 13.5. The molecule has 0 saturated carbocycles. The summed E-state index contributed by atoms with van der Waals surface area (Å²) < 4.78 is 0.962. The third-order valence-corrected chi connectivity index (χ3v) is 5.64. The van der Waals surface area contributed by atoms with Gasteiger partial charge in [0.2, 0.25) is 0 Å². The Hall–Kier alpha value is -1.03. The third kappa shape index (κ3) is 3.60. The highest BCUT2D eigenvalue weighted by Gasteiger charge is 2.18. The van der Waals surface area contributed by atoms with Gasteiger partial charge < -0.3 is 4.90 Å². The first-order chi connectivity index (χ1) is 10.2. The van der Waals surface area contributed by atoms with E-state index in [-0.39, 0.29) is 0 Å². The van der Waals surface area contributed by atoms with Gasteiger partial charge in [-0.15, -0.1) is 0 Å². The van der Waals surface area contributed by atoms with Crippen LogP contribution in [-0.4, -0.2) is 15.8 Å². The minimum absolute atomic E-state index is 0.816. The van der Waals surface area contributed by atoms with Gasteiger partial charge in [0.15, 0.2) is 0 Å². The van der Waals surface area contributed by atoms with Crippen LogP contribution >= 0.6 is 35.6 Å². The zero-order chi connectivity index (χ0) is 14.7. The zero-order valence-electron chi connectivity index (χ0n) is 11.6. The molecule has 0 saturated heterocycles. The van der Waals surface area contributed by atoms with E-state index < -0.39 is 0 Å². The number of fused-ring (bicyclic) bond motifs is 1. The molecule has 0 N–H and O–H groups in total. The Morgan fingerprint density at radius 2 is 1.81 bits per heavy atom. The number of hydrogen-bond donors (Lipinski definition) is 0. The Morgan fingerprint density at radius 1 is 1.10 bits per heavy atom. The number of benzene rings is 2. The maximum Gasteiger partial charge on any atom is 0.137 e. The van der Waals surface area contributed by atoms with Crippen molar-refractivity contribution in [3.63, 3.8) is 0 Å². The van der Waals surface area contributed by atoms with Gasteiger partial charge >= 0.3 is 0 Å². The number of thiocarbonyl (C=S) groups is 1. The van der Waals surface area contributed by atoms with Crippen molar-refractivity contribution >= 4 is 39.9 Å². The molecule has 2 aromatic carbocycles. The van der Waals surface area contributed by atoms with Gasteiger partial charge in [0.05, 0.1) is 0 Å². The highest BCUT2D eigenvalue weighted by atomic mass is 35.5. The number of rotatable bonds is 2. The average molecular weight is 334 g/mol. The number of hydrogen-bond acceptors (Lipinski definition) is 2. The molecular weight excluding hydrogens is 318 g/mol. The van der Waals surface area contributed by atoms with E-state index in [9.17, 15) is 0 Å². The van der Waals surface area contributed by atoms with Crippen LogP contribution in [0.3, 0.4) is 0 Å². The predicted molar refractivity (Wildman–Crippen MR) is 95.9 cm³/mol. The Morgan fingerprint density at radius 3 is 2.62 bits per heavy atom. The summed E-state index contributed by atoms with van der Waals surface area (Å²) in [5.41, 5.74) is 3.99. The molecule has 1 aliphatic heterocycles. The molecule has 108 valence electrons. The largest absolute Gasteiger partial charge is 0.353 e. The van der Waals surface area contributed by atoms with Crippen molar-refractivity contribution in [2.45, 2.75) is 18.7 Å². The molecule has 1 heterocycles. The van der Waals surface area contributed by atoms with Crippen LogP contribution in [0.2, 0.25) is 5.02 Å². The van der Waals surface area contributed by atoms with Crippen molar-refractivity contribution in [1.29, 1.82) is 0 Å². The van der Waals surface area contributed by atoms with Gasteiger partial charge in [-0.25, -0.2) is 0 Å². The Balaban J connectivity index is 1.61. The van der Waals surface area contributed by atoms with Crippen LogP contribution in [0.25, 0.3) is 0 Å². The molecule has 0 bridgehead atoms. The van der Waals surface area contributed by atoms with Crippen molar-refractivity contribution < 1.29 is 0 Å². The molecule has 0 radical (unpaired) electrons. The van der Waals surface area contributed by atoms with Crippen molar-refractivity contribution in [2.75, 3.05) is 6.54 Å². The molecule has 21 heavy (non-hydrogen) atoms. The first kappa shape index (κ1) is 14.9. The molecule has 1 nitrogen and oxygen atoms in total. The third-order valence-electron chi connectivity index (χ3n) is 3.70. The van der Waals surface area contributed by atoms with Crippen molar-refractivity contribution in [3.8, 4) is 0 Å². The number of halogens is 1. The van der Waals surface area contributed by atoms with E-state index in [0.717, 1.165) is 40.2 Å². The van der Waals surface area contributed by atoms with Crippen LogP contribution < -0.4 is 0 Å². The maximum absolute atomic E-state index is 6.19. The summed E-state index contributed by atoms with van der Waals surface area (Å²) in [5.74, 6) is 0.830. The van der Waals surface area contributed by atoms with E-state index in [2.05, 4.69) is 35.2 Å². The molecule has 0 amide bonds.